The summed E-state index contributed by atoms with van der Waals surface area (Å²) >= 11 is 1.66. The van der Waals surface area contributed by atoms with Crippen molar-refractivity contribution in [2.24, 2.45) is 0 Å². The molecule has 164 valence electrons. The molecule has 4 rings (SSSR count). The largest absolute Gasteiger partial charge is 0.481 e. The van der Waals surface area contributed by atoms with Crippen LogP contribution >= 0.6 is 11.3 Å². The minimum Gasteiger partial charge on any atom is -0.481 e. The number of aryl methyl sites for hydroxylation is 3. The van der Waals surface area contributed by atoms with Crippen molar-refractivity contribution in [2.75, 3.05) is 0 Å². The molecule has 0 amide bonds. The van der Waals surface area contributed by atoms with Crippen molar-refractivity contribution in [3.05, 3.63) is 51.5 Å². The smallest absolute Gasteiger partial charge is 0.416 e. The van der Waals surface area contributed by atoms with Gasteiger partial charge in [0.05, 0.1) is 5.56 Å². The molecule has 0 saturated heterocycles. The highest BCUT2D eigenvalue weighted by atomic mass is 32.1. The topological polar surface area (TPSA) is 50.2 Å². The molecule has 0 radical (unpaired) electrons. The first-order valence-electron chi connectivity index (χ1n) is 10.6. The van der Waals surface area contributed by atoms with E-state index in [1.54, 1.807) is 17.4 Å². The number of carboxylic acid groups (broad SMARTS) is 1. The molecule has 1 N–H and O–H groups in total. The lowest BCUT2D eigenvalue weighted by molar-refractivity contribution is -0.138. The van der Waals surface area contributed by atoms with E-state index in [0.717, 1.165) is 58.8 Å². The number of rotatable bonds is 6. The van der Waals surface area contributed by atoms with Crippen LogP contribution in [0.15, 0.2) is 24.3 Å². The third-order valence-electron chi connectivity index (χ3n) is 5.96. The van der Waals surface area contributed by atoms with Gasteiger partial charge in [0.1, 0.15) is 4.83 Å². The molecular weight excluding hydrogens is 423 g/mol. The van der Waals surface area contributed by atoms with Gasteiger partial charge in [-0.05, 0) is 86.3 Å². The van der Waals surface area contributed by atoms with Crippen LogP contribution in [0.4, 0.5) is 13.2 Å². The second-order valence-corrected chi connectivity index (χ2v) is 9.20. The molecule has 0 bridgehead atoms. The number of hydrogen-bond donors (Lipinski definition) is 1. The van der Waals surface area contributed by atoms with Gasteiger partial charge in [-0.15, -0.1) is 11.3 Å². The van der Waals surface area contributed by atoms with Gasteiger partial charge in [0.25, 0.3) is 0 Å². The van der Waals surface area contributed by atoms with E-state index in [0.29, 0.717) is 24.8 Å². The number of halogens is 3. The maximum Gasteiger partial charge on any atom is 0.416 e. The Morgan fingerprint density at radius 3 is 2.71 bits per heavy atom. The summed E-state index contributed by atoms with van der Waals surface area (Å²) in [5, 5.41) is 9.93. The highest BCUT2D eigenvalue weighted by Crippen LogP contribution is 2.44. The highest BCUT2D eigenvalue weighted by Gasteiger charge is 2.31. The Balaban J connectivity index is 1.90. The van der Waals surface area contributed by atoms with Gasteiger partial charge in [-0.3, -0.25) is 4.79 Å². The first-order chi connectivity index (χ1) is 14.8. The molecule has 0 atom stereocenters. The summed E-state index contributed by atoms with van der Waals surface area (Å²) < 4.78 is 40.3. The number of thiophene rings is 1. The maximum atomic E-state index is 13.4. The molecule has 0 spiro atoms. The zero-order valence-corrected chi connectivity index (χ0v) is 18.1. The number of carboxylic acids is 1. The summed E-state index contributed by atoms with van der Waals surface area (Å²) in [7, 11) is 0. The lowest BCUT2D eigenvalue weighted by atomic mass is 9.88. The SMILES string of the molecule is Cc1nc2sc3c(c2c(-c2cccc(C(F)(F)F)c2)c1CCCCC(=O)O)CCCC3. The van der Waals surface area contributed by atoms with Crippen molar-refractivity contribution < 1.29 is 23.1 Å². The number of hydrogen-bond acceptors (Lipinski definition) is 3. The molecule has 1 aliphatic rings. The summed E-state index contributed by atoms with van der Waals surface area (Å²) in [5.41, 5.74) is 3.73. The predicted octanol–water partition coefficient (Wildman–Crippen LogP) is 6.97. The van der Waals surface area contributed by atoms with E-state index in [2.05, 4.69) is 0 Å². The molecule has 0 fully saturated rings. The number of nitrogens with zero attached hydrogens (tertiary/aromatic N) is 1. The first kappa shape index (κ1) is 21.8. The Hall–Kier alpha value is -2.41. The number of fused-ring (bicyclic) bond motifs is 3. The normalized spacial score (nSPS) is 14.1. The van der Waals surface area contributed by atoms with E-state index in [1.807, 2.05) is 6.92 Å². The standard InChI is InChI=1S/C24H24F3NO2S/c1-14-17(9-3-5-12-20(29)30)21(15-7-6-8-16(13-15)24(25,26)27)22-18-10-2-4-11-19(18)31-23(22)28-14/h6-8,13H,2-5,9-12H2,1H3,(H,29,30). The van der Waals surface area contributed by atoms with Crippen molar-refractivity contribution in [3.8, 4) is 11.1 Å². The molecule has 2 heterocycles. The van der Waals surface area contributed by atoms with Crippen molar-refractivity contribution in [2.45, 2.75) is 64.5 Å². The Morgan fingerprint density at radius 1 is 1.19 bits per heavy atom. The third kappa shape index (κ3) is 4.47. The fourth-order valence-electron chi connectivity index (χ4n) is 4.49. The highest BCUT2D eigenvalue weighted by molar-refractivity contribution is 7.19. The Kier molecular flexibility index (Phi) is 6.06. The minimum atomic E-state index is -4.41. The van der Waals surface area contributed by atoms with Gasteiger partial charge in [-0.2, -0.15) is 13.2 Å². The number of aromatic nitrogens is 1. The van der Waals surface area contributed by atoms with Crippen LogP contribution in [0.5, 0.6) is 0 Å². The van der Waals surface area contributed by atoms with E-state index in [1.165, 1.54) is 22.6 Å². The fourth-order valence-corrected chi connectivity index (χ4v) is 5.81. The van der Waals surface area contributed by atoms with Gasteiger partial charge in [-0.1, -0.05) is 12.1 Å². The van der Waals surface area contributed by atoms with E-state index in [-0.39, 0.29) is 6.42 Å². The average molecular weight is 448 g/mol. The molecule has 1 aromatic carbocycles. The summed E-state index contributed by atoms with van der Waals surface area (Å²) in [6, 6.07) is 5.55. The van der Waals surface area contributed by atoms with E-state index >= 15 is 0 Å². The predicted molar refractivity (Wildman–Crippen MR) is 117 cm³/mol. The van der Waals surface area contributed by atoms with Crippen LogP contribution in [-0.4, -0.2) is 16.1 Å². The summed E-state index contributed by atoms with van der Waals surface area (Å²) in [4.78, 5) is 17.9. The maximum absolute atomic E-state index is 13.4. The van der Waals surface area contributed by atoms with Crippen LogP contribution in [0.2, 0.25) is 0 Å². The van der Waals surface area contributed by atoms with Crippen LogP contribution in [0, 0.1) is 6.92 Å². The number of pyridine rings is 1. The zero-order chi connectivity index (χ0) is 22.2. The van der Waals surface area contributed by atoms with Gasteiger partial charge in [0.15, 0.2) is 0 Å². The number of alkyl halides is 3. The monoisotopic (exact) mass is 447 g/mol. The lowest BCUT2D eigenvalue weighted by Gasteiger charge is -2.18. The summed E-state index contributed by atoms with van der Waals surface area (Å²) in [5.74, 6) is -0.838. The molecule has 31 heavy (non-hydrogen) atoms. The Bertz CT molecular complexity index is 1130. The summed E-state index contributed by atoms with van der Waals surface area (Å²) in [6.07, 6.45) is 1.56. The van der Waals surface area contributed by atoms with Crippen LogP contribution in [0.1, 0.15) is 59.4 Å². The van der Waals surface area contributed by atoms with Crippen molar-refractivity contribution in [3.63, 3.8) is 0 Å². The second kappa shape index (κ2) is 8.61. The Labute approximate surface area is 182 Å². The fraction of sp³-hybridized carbons (Fsp3) is 0.417. The number of benzene rings is 1. The third-order valence-corrected chi connectivity index (χ3v) is 7.14. The minimum absolute atomic E-state index is 0.0848. The quantitative estimate of drug-likeness (QED) is 0.415. The molecule has 1 aliphatic carbocycles. The molecule has 0 unspecified atom stereocenters. The van der Waals surface area contributed by atoms with Gasteiger partial charge >= 0.3 is 12.1 Å². The molecule has 2 aromatic heterocycles. The van der Waals surface area contributed by atoms with Gasteiger partial charge in [0.2, 0.25) is 0 Å². The number of aliphatic carboxylic acids is 1. The first-order valence-corrected chi connectivity index (χ1v) is 11.4. The average Bonchev–Trinajstić information content (AvgIpc) is 3.08. The van der Waals surface area contributed by atoms with E-state index in [9.17, 15) is 18.0 Å². The van der Waals surface area contributed by atoms with Gasteiger partial charge < -0.3 is 5.11 Å². The van der Waals surface area contributed by atoms with Gasteiger partial charge in [-0.25, -0.2) is 4.98 Å². The van der Waals surface area contributed by atoms with Crippen LogP contribution in [-0.2, 0) is 30.2 Å². The Morgan fingerprint density at radius 2 is 1.97 bits per heavy atom. The molecule has 7 heteroatoms. The molecule has 0 saturated carbocycles. The number of carbonyl (C=O) groups is 1. The molecule has 3 nitrogen and oxygen atoms in total. The van der Waals surface area contributed by atoms with Crippen molar-refractivity contribution in [1.29, 1.82) is 0 Å². The van der Waals surface area contributed by atoms with Crippen molar-refractivity contribution in [1.82, 2.24) is 4.98 Å². The van der Waals surface area contributed by atoms with E-state index in [4.69, 9.17) is 10.1 Å². The summed E-state index contributed by atoms with van der Waals surface area (Å²) in [6.45, 7) is 1.90. The second-order valence-electron chi connectivity index (χ2n) is 8.12. The molecule has 0 aliphatic heterocycles. The molecular formula is C24H24F3NO2S. The van der Waals surface area contributed by atoms with E-state index < -0.39 is 17.7 Å². The lowest BCUT2D eigenvalue weighted by Crippen LogP contribution is -2.06. The van der Waals surface area contributed by atoms with Crippen LogP contribution < -0.4 is 0 Å². The molecule has 3 aromatic rings. The van der Waals surface area contributed by atoms with Crippen LogP contribution in [0.25, 0.3) is 21.3 Å². The number of unbranched alkanes of at least 4 members (excludes halogenated alkanes) is 1. The van der Waals surface area contributed by atoms with Crippen LogP contribution in [0.3, 0.4) is 0 Å². The zero-order valence-electron chi connectivity index (χ0n) is 17.3. The van der Waals surface area contributed by atoms with Gasteiger partial charge in [0, 0.05) is 22.4 Å². The van der Waals surface area contributed by atoms with Crippen molar-refractivity contribution >= 4 is 27.5 Å².